The first-order valence-corrected chi connectivity index (χ1v) is 8.91. The van der Waals surface area contributed by atoms with Gasteiger partial charge in [-0.25, -0.2) is 0 Å². The number of hydrogen-bond donors (Lipinski definition) is 1. The number of pyridine rings is 1. The lowest BCUT2D eigenvalue weighted by Crippen LogP contribution is -2.39. The standard InChI is InChI=1S/C19H24F2N2O3/c1-25-15-4-2-3-14(11-15)22-9-10-23-17-12-16(26-19(20)21)7-5-13(17)6-8-18(23)24/h5-8,12,14-15,19,22H,2-4,9-11H2,1H3. The van der Waals surface area contributed by atoms with Gasteiger partial charge in [-0.1, -0.05) is 0 Å². The molecule has 1 saturated carbocycles. The lowest BCUT2D eigenvalue weighted by Gasteiger charge is -2.29. The molecule has 5 nitrogen and oxygen atoms in total. The zero-order chi connectivity index (χ0) is 18.5. The minimum Gasteiger partial charge on any atom is -0.435 e. The van der Waals surface area contributed by atoms with Crippen molar-refractivity contribution in [2.24, 2.45) is 0 Å². The molecule has 1 aliphatic carbocycles. The molecule has 0 aliphatic heterocycles. The molecule has 26 heavy (non-hydrogen) atoms. The fourth-order valence-corrected chi connectivity index (χ4v) is 3.60. The van der Waals surface area contributed by atoms with Crippen LogP contribution in [0.5, 0.6) is 5.75 Å². The summed E-state index contributed by atoms with van der Waals surface area (Å²) in [5.74, 6) is 0.0510. The van der Waals surface area contributed by atoms with Gasteiger partial charge in [0.1, 0.15) is 5.75 Å². The second kappa shape index (κ2) is 8.60. The SMILES string of the molecule is COC1CCCC(NCCn2c(=O)ccc3ccc(OC(F)F)cc32)C1. The molecule has 1 aromatic carbocycles. The Morgan fingerprint density at radius 3 is 2.85 bits per heavy atom. The third-order valence-electron chi connectivity index (χ3n) is 4.92. The molecule has 0 bridgehead atoms. The number of aromatic nitrogens is 1. The molecule has 1 aliphatic rings. The van der Waals surface area contributed by atoms with Crippen molar-refractivity contribution in [3.05, 3.63) is 40.7 Å². The van der Waals surface area contributed by atoms with E-state index in [1.807, 2.05) is 0 Å². The zero-order valence-electron chi connectivity index (χ0n) is 14.8. The maximum Gasteiger partial charge on any atom is 0.387 e. The van der Waals surface area contributed by atoms with Gasteiger partial charge in [-0.15, -0.1) is 0 Å². The minimum absolute atomic E-state index is 0.0510. The third kappa shape index (κ3) is 4.59. The molecule has 0 spiro atoms. The lowest BCUT2D eigenvalue weighted by molar-refractivity contribution is -0.0497. The average Bonchev–Trinajstić information content (AvgIpc) is 2.63. The van der Waals surface area contributed by atoms with Gasteiger partial charge < -0.3 is 19.4 Å². The van der Waals surface area contributed by atoms with Crippen molar-refractivity contribution in [3.63, 3.8) is 0 Å². The molecule has 7 heteroatoms. The van der Waals surface area contributed by atoms with E-state index in [2.05, 4.69) is 10.1 Å². The Hall–Kier alpha value is -1.99. The smallest absolute Gasteiger partial charge is 0.387 e. The van der Waals surface area contributed by atoms with Crippen molar-refractivity contribution in [2.75, 3.05) is 13.7 Å². The molecule has 2 unspecified atom stereocenters. The number of hydrogen-bond acceptors (Lipinski definition) is 4. The Balaban J connectivity index is 1.72. The minimum atomic E-state index is -2.89. The van der Waals surface area contributed by atoms with Crippen LogP contribution in [0.1, 0.15) is 25.7 Å². The molecule has 0 amide bonds. The number of ether oxygens (including phenoxy) is 2. The molecule has 3 rings (SSSR count). The van der Waals surface area contributed by atoms with Crippen LogP contribution in [0.4, 0.5) is 8.78 Å². The van der Waals surface area contributed by atoms with Gasteiger partial charge in [-0.05, 0) is 49.3 Å². The molecule has 0 radical (unpaired) electrons. The quantitative estimate of drug-likeness (QED) is 0.818. The first-order valence-electron chi connectivity index (χ1n) is 8.91. The maximum absolute atomic E-state index is 12.5. The second-order valence-electron chi connectivity index (χ2n) is 6.60. The van der Waals surface area contributed by atoms with Gasteiger partial charge in [0.05, 0.1) is 11.6 Å². The Morgan fingerprint density at radius 2 is 2.08 bits per heavy atom. The van der Waals surface area contributed by atoms with E-state index in [1.165, 1.54) is 18.2 Å². The summed E-state index contributed by atoms with van der Waals surface area (Å²) >= 11 is 0. The van der Waals surface area contributed by atoms with Gasteiger partial charge >= 0.3 is 6.61 Å². The number of fused-ring (bicyclic) bond motifs is 1. The highest BCUT2D eigenvalue weighted by atomic mass is 19.3. The van der Waals surface area contributed by atoms with Crippen LogP contribution in [0.2, 0.25) is 0 Å². The Bertz CT molecular complexity index is 794. The predicted molar refractivity (Wildman–Crippen MR) is 95.9 cm³/mol. The first kappa shape index (κ1) is 18.8. The largest absolute Gasteiger partial charge is 0.435 e. The monoisotopic (exact) mass is 366 g/mol. The fourth-order valence-electron chi connectivity index (χ4n) is 3.60. The molecule has 2 aromatic rings. The average molecular weight is 366 g/mol. The van der Waals surface area contributed by atoms with Crippen LogP contribution in [-0.2, 0) is 11.3 Å². The number of rotatable bonds is 7. The number of halogens is 2. The summed E-state index contributed by atoms with van der Waals surface area (Å²) in [5, 5.41) is 4.29. The van der Waals surface area contributed by atoms with E-state index >= 15 is 0 Å². The van der Waals surface area contributed by atoms with Gasteiger partial charge in [0.2, 0.25) is 0 Å². The van der Waals surface area contributed by atoms with E-state index in [0.29, 0.717) is 24.6 Å². The van der Waals surface area contributed by atoms with Crippen LogP contribution in [0, 0.1) is 0 Å². The van der Waals surface area contributed by atoms with Crippen molar-refractivity contribution in [2.45, 2.75) is 51.0 Å². The Morgan fingerprint density at radius 1 is 1.27 bits per heavy atom. The van der Waals surface area contributed by atoms with E-state index in [4.69, 9.17) is 4.74 Å². The summed E-state index contributed by atoms with van der Waals surface area (Å²) in [6, 6.07) is 8.21. The van der Waals surface area contributed by atoms with Crippen LogP contribution in [0.3, 0.4) is 0 Å². The molecule has 142 valence electrons. The summed E-state index contributed by atoms with van der Waals surface area (Å²) in [4.78, 5) is 12.3. The van der Waals surface area contributed by atoms with Crippen LogP contribution >= 0.6 is 0 Å². The molecule has 0 saturated heterocycles. The fraction of sp³-hybridized carbons (Fsp3) is 0.526. The third-order valence-corrected chi connectivity index (χ3v) is 4.92. The van der Waals surface area contributed by atoms with Crippen molar-refractivity contribution in [1.29, 1.82) is 0 Å². The Labute approximate surface area is 150 Å². The van der Waals surface area contributed by atoms with Crippen molar-refractivity contribution in [1.82, 2.24) is 9.88 Å². The molecular weight excluding hydrogens is 342 g/mol. The van der Waals surface area contributed by atoms with E-state index in [9.17, 15) is 13.6 Å². The molecular formula is C19H24F2N2O3. The van der Waals surface area contributed by atoms with Crippen molar-refractivity contribution >= 4 is 10.9 Å². The topological polar surface area (TPSA) is 52.5 Å². The highest BCUT2D eigenvalue weighted by Crippen LogP contribution is 2.22. The van der Waals surface area contributed by atoms with E-state index < -0.39 is 6.61 Å². The highest BCUT2D eigenvalue weighted by molar-refractivity contribution is 5.80. The summed E-state index contributed by atoms with van der Waals surface area (Å²) in [6.45, 7) is -1.80. The zero-order valence-corrected chi connectivity index (χ0v) is 14.8. The van der Waals surface area contributed by atoms with Crippen molar-refractivity contribution in [3.8, 4) is 5.75 Å². The summed E-state index contributed by atoms with van der Waals surface area (Å²) in [7, 11) is 1.74. The molecule has 1 fully saturated rings. The molecule has 1 heterocycles. The highest BCUT2D eigenvalue weighted by Gasteiger charge is 2.21. The first-order chi connectivity index (χ1) is 12.6. The molecule has 2 atom stereocenters. The van der Waals surface area contributed by atoms with Gasteiger partial charge in [0.15, 0.2) is 0 Å². The van der Waals surface area contributed by atoms with Crippen LogP contribution in [0.25, 0.3) is 10.9 Å². The second-order valence-corrected chi connectivity index (χ2v) is 6.60. The van der Waals surface area contributed by atoms with Crippen molar-refractivity contribution < 1.29 is 18.3 Å². The number of benzene rings is 1. The van der Waals surface area contributed by atoms with Gasteiger partial charge in [0, 0.05) is 38.4 Å². The Kier molecular flexibility index (Phi) is 6.21. The summed E-state index contributed by atoms with van der Waals surface area (Å²) in [6.07, 6.45) is 4.56. The number of alkyl halides is 2. The number of nitrogens with zero attached hydrogens (tertiary/aromatic N) is 1. The predicted octanol–water partition coefficient (Wildman–Crippen LogP) is 3.15. The number of nitrogens with one attached hydrogen (secondary N) is 1. The van der Waals surface area contributed by atoms with Crippen LogP contribution in [-0.4, -0.2) is 37.0 Å². The van der Waals surface area contributed by atoms with E-state index in [0.717, 1.165) is 31.1 Å². The van der Waals surface area contributed by atoms with Crippen LogP contribution < -0.4 is 15.6 Å². The van der Waals surface area contributed by atoms with Gasteiger partial charge in [-0.2, -0.15) is 8.78 Å². The van der Waals surface area contributed by atoms with Gasteiger partial charge in [0.25, 0.3) is 5.56 Å². The molecule has 1 N–H and O–H groups in total. The number of methoxy groups -OCH3 is 1. The molecule has 1 aromatic heterocycles. The van der Waals surface area contributed by atoms with E-state index in [1.54, 1.807) is 23.8 Å². The maximum atomic E-state index is 12.5. The lowest BCUT2D eigenvalue weighted by atomic mass is 9.93. The van der Waals surface area contributed by atoms with Crippen LogP contribution in [0.15, 0.2) is 35.1 Å². The summed E-state index contributed by atoms with van der Waals surface area (Å²) < 4.78 is 36.4. The summed E-state index contributed by atoms with van der Waals surface area (Å²) in [5.41, 5.74) is 0.433. The normalized spacial score (nSPS) is 20.6. The van der Waals surface area contributed by atoms with Gasteiger partial charge in [-0.3, -0.25) is 4.79 Å². The van der Waals surface area contributed by atoms with E-state index in [-0.39, 0.29) is 17.4 Å².